The number of aryl methyl sites for hydroxylation is 1. The largest absolute Gasteiger partial charge is 0.405 e. The lowest BCUT2D eigenvalue weighted by Crippen LogP contribution is -2.48. The predicted octanol–water partition coefficient (Wildman–Crippen LogP) is 2.55. The molecule has 1 unspecified atom stereocenters. The van der Waals surface area contributed by atoms with Gasteiger partial charge in [-0.1, -0.05) is 0 Å². The fourth-order valence-electron chi connectivity index (χ4n) is 2.65. The Morgan fingerprint density at radius 2 is 2.13 bits per heavy atom. The standard InChI is InChI=1S/C14H17BrF3N3O2/c1-2-20-7-9(15)6-11(20)13(23)21-5-3-4-10(21)12(22)19-8-14(16,17)18/h6-7,10H,2-5,8H2,1H3,(H,19,22). The first-order valence-electron chi connectivity index (χ1n) is 7.24. The molecule has 9 heteroatoms. The van der Waals surface area contributed by atoms with Crippen LogP contribution in [0.15, 0.2) is 16.7 Å². The molecule has 2 rings (SSSR count). The average Bonchev–Trinajstić information content (AvgIpc) is 3.09. The van der Waals surface area contributed by atoms with E-state index in [1.165, 1.54) is 4.90 Å². The second-order valence-corrected chi connectivity index (χ2v) is 6.23. The van der Waals surface area contributed by atoms with Crippen molar-refractivity contribution in [2.75, 3.05) is 13.1 Å². The number of aromatic nitrogens is 1. The van der Waals surface area contributed by atoms with Crippen molar-refractivity contribution in [2.24, 2.45) is 0 Å². The molecule has 2 heterocycles. The van der Waals surface area contributed by atoms with Gasteiger partial charge in [0.2, 0.25) is 5.91 Å². The zero-order valence-electron chi connectivity index (χ0n) is 12.5. The number of hydrogen-bond donors (Lipinski definition) is 1. The molecule has 1 N–H and O–H groups in total. The highest BCUT2D eigenvalue weighted by Crippen LogP contribution is 2.23. The maximum atomic E-state index is 12.6. The van der Waals surface area contributed by atoms with Crippen LogP contribution in [0.5, 0.6) is 0 Å². The fraction of sp³-hybridized carbons (Fsp3) is 0.571. The minimum absolute atomic E-state index is 0.345. The number of nitrogens with zero attached hydrogens (tertiary/aromatic N) is 2. The Morgan fingerprint density at radius 1 is 1.43 bits per heavy atom. The Labute approximate surface area is 139 Å². The lowest BCUT2D eigenvalue weighted by molar-refractivity contribution is -0.140. The first-order valence-corrected chi connectivity index (χ1v) is 8.03. The number of carbonyl (C=O) groups is 2. The maximum Gasteiger partial charge on any atom is 0.405 e. The number of rotatable bonds is 4. The topological polar surface area (TPSA) is 54.3 Å². The Morgan fingerprint density at radius 3 is 2.74 bits per heavy atom. The normalized spacial score (nSPS) is 18.3. The summed E-state index contributed by atoms with van der Waals surface area (Å²) >= 11 is 3.30. The van der Waals surface area contributed by atoms with Crippen molar-refractivity contribution in [2.45, 2.75) is 38.5 Å². The summed E-state index contributed by atoms with van der Waals surface area (Å²) in [5, 5.41) is 1.86. The molecule has 1 aromatic heterocycles. The first kappa shape index (κ1) is 17.8. The van der Waals surface area contributed by atoms with E-state index < -0.39 is 24.7 Å². The van der Waals surface area contributed by atoms with Crippen LogP contribution in [0.1, 0.15) is 30.3 Å². The van der Waals surface area contributed by atoms with Gasteiger partial charge in [-0.3, -0.25) is 9.59 Å². The molecule has 0 bridgehead atoms. The van der Waals surface area contributed by atoms with Gasteiger partial charge in [-0.15, -0.1) is 0 Å². The summed E-state index contributed by atoms with van der Waals surface area (Å²) < 4.78 is 39.1. The van der Waals surface area contributed by atoms with Gasteiger partial charge in [0.05, 0.1) is 0 Å². The molecule has 2 amide bonds. The third-order valence-corrected chi connectivity index (χ3v) is 4.14. The van der Waals surface area contributed by atoms with Crippen molar-refractivity contribution in [3.63, 3.8) is 0 Å². The second-order valence-electron chi connectivity index (χ2n) is 5.32. The van der Waals surface area contributed by atoms with E-state index in [1.807, 2.05) is 12.2 Å². The summed E-state index contributed by atoms with van der Waals surface area (Å²) in [6.07, 6.45) is -1.76. The highest BCUT2D eigenvalue weighted by atomic mass is 79.9. The number of carbonyl (C=O) groups excluding carboxylic acids is 2. The molecule has 1 aromatic rings. The molecular weight excluding hydrogens is 379 g/mol. The van der Waals surface area contributed by atoms with E-state index in [2.05, 4.69) is 15.9 Å². The van der Waals surface area contributed by atoms with Crippen LogP contribution in [-0.4, -0.2) is 46.6 Å². The number of amides is 2. The van der Waals surface area contributed by atoms with Crippen LogP contribution in [0.4, 0.5) is 13.2 Å². The molecule has 1 saturated heterocycles. The van der Waals surface area contributed by atoms with Crippen LogP contribution in [0.3, 0.4) is 0 Å². The molecule has 1 aliphatic heterocycles. The Kier molecular flexibility index (Phi) is 5.38. The summed E-state index contributed by atoms with van der Waals surface area (Å²) in [5.41, 5.74) is 0.412. The molecule has 0 radical (unpaired) electrons. The lowest BCUT2D eigenvalue weighted by atomic mass is 10.2. The molecule has 1 fully saturated rings. The molecule has 1 aliphatic rings. The molecule has 0 saturated carbocycles. The van der Waals surface area contributed by atoms with Crippen LogP contribution in [0, 0.1) is 0 Å². The molecule has 1 atom stereocenters. The number of alkyl halides is 3. The van der Waals surface area contributed by atoms with Gasteiger partial charge >= 0.3 is 6.18 Å². The summed E-state index contributed by atoms with van der Waals surface area (Å²) in [6.45, 7) is 1.42. The molecular formula is C14H17BrF3N3O2. The van der Waals surface area contributed by atoms with Crippen molar-refractivity contribution < 1.29 is 22.8 Å². The Balaban J connectivity index is 2.11. The monoisotopic (exact) mass is 395 g/mol. The molecule has 128 valence electrons. The fourth-order valence-corrected chi connectivity index (χ4v) is 3.11. The molecule has 0 aromatic carbocycles. The number of halogens is 4. The third-order valence-electron chi connectivity index (χ3n) is 3.70. The van der Waals surface area contributed by atoms with Gasteiger partial charge in [0, 0.05) is 23.8 Å². The van der Waals surface area contributed by atoms with Crippen molar-refractivity contribution in [1.29, 1.82) is 0 Å². The Bertz CT molecular complexity index is 601. The second kappa shape index (κ2) is 6.94. The van der Waals surface area contributed by atoms with E-state index in [1.54, 1.807) is 16.8 Å². The van der Waals surface area contributed by atoms with Crippen molar-refractivity contribution in [3.05, 3.63) is 22.4 Å². The first-order chi connectivity index (χ1) is 10.7. The average molecular weight is 396 g/mol. The van der Waals surface area contributed by atoms with Gasteiger partial charge in [-0.2, -0.15) is 13.2 Å². The van der Waals surface area contributed by atoms with E-state index in [-0.39, 0.29) is 5.91 Å². The van der Waals surface area contributed by atoms with Crippen molar-refractivity contribution >= 4 is 27.7 Å². The minimum Gasteiger partial charge on any atom is -0.345 e. The molecule has 0 aliphatic carbocycles. The van der Waals surface area contributed by atoms with Gasteiger partial charge in [0.25, 0.3) is 5.91 Å². The van der Waals surface area contributed by atoms with Gasteiger partial charge < -0.3 is 14.8 Å². The van der Waals surface area contributed by atoms with Gasteiger partial charge in [-0.25, -0.2) is 0 Å². The summed E-state index contributed by atoms with van der Waals surface area (Å²) in [4.78, 5) is 26.0. The van der Waals surface area contributed by atoms with Crippen LogP contribution in [0.2, 0.25) is 0 Å². The summed E-state index contributed by atoms with van der Waals surface area (Å²) in [7, 11) is 0. The van der Waals surface area contributed by atoms with Crippen LogP contribution in [-0.2, 0) is 11.3 Å². The quantitative estimate of drug-likeness (QED) is 0.851. The maximum absolute atomic E-state index is 12.6. The van der Waals surface area contributed by atoms with Gasteiger partial charge in [0.1, 0.15) is 18.3 Å². The summed E-state index contributed by atoms with van der Waals surface area (Å²) in [6, 6.07) is 0.790. The van der Waals surface area contributed by atoms with Crippen LogP contribution >= 0.6 is 15.9 Å². The molecule has 0 spiro atoms. The van der Waals surface area contributed by atoms with E-state index in [0.29, 0.717) is 31.6 Å². The smallest absolute Gasteiger partial charge is 0.345 e. The minimum atomic E-state index is -4.47. The van der Waals surface area contributed by atoms with Crippen molar-refractivity contribution in [1.82, 2.24) is 14.8 Å². The number of nitrogens with one attached hydrogen (secondary N) is 1. The highest BCUT2D eigenvalue weighted by Gasteiger charge is 2.37. The van der Waals surface area contributed by atoms with E-state index >= 15 is 0 Å². The van der Waals surface area contributed by atoms with E-state index in [9.17, 15) is 22.8 Å². The predicted molar refractivity (Wildman–Crippen MR) is 80.9 cm³/mol. The SMILES string of the molecule is CCn1cc(Br)cc1C(=O)N1CCCC1C(=O)NCC(F)(F)F. The third kappa shape index (κ3) is 4.27. The highest BCUT2D eigenvalue weighted by molar-refractivity contribution is 9.10. The number of hydrogen-bond acceptors (Lipinski definition) is 2. The lowest BCUT2D eigenvalue weighted by Gasteiger charge is -2.24. The number of likely N-dealkylation sites (tertiary alicyclic amines) is 1. The van der Waals surface area contributed by atoms with Crippen molar-refractivity contribution in [3.8, 4) is 0 Å². The zero-order valence-corrected chi connectivity index (χ0v) is 14.1. The van der Waals surface area contributed by atoms with Crippen LogP contribution < -0.4 is 5.32 Å². The molecule has 23 heavy (non-hydrogen) atoms. The van der Waals surface area contributed by atoms with E-state index in [4.69, 9.17) is 0 Å². The van der Waals surface area contributed by atoms with E-state index in [0.717, 1.165) is 4.47 Å². The van der Waals surface area contributed by atoms with Crippen LogP contribution in [0.25, 0.3) is 0 Å². The van der Waals surface area contributed by atoms with Gasteiger partial charge in [0.15, 0.2) is 0 Å². The molecule has 5 nitrogen and oxygen atoms in total. The summed E-state index contributed by atoms with van der Waals surface area (Å²) in [5.74, 6) is -1.11. The zero-order chi connectivity index (χ0) is 17.2. The Hall–Kier alpha value is -1.51. The van der Waals surface area contributed by atoms with Gasteiger partial charge in [-0.05, 0) is 41.8 Å².